The maximum absolute atomic E-state index is 13.9. The molecule has 3 aliphatic rings. The van der Waals surface area contributed by atoms with Crippen molar-refractivity contribution < 1.29 is 38.7 Å². The first kappa shape index (κ1) is 31.0. The second-order valence-corrected chi connectivity index (χ2v) is 11.5. The topological polar surface area (TPSA) is 124 Å². The van der Waals surface area contributed by atoms with E-state index in [0.29, 0.717) is 50.6 Å². The Labute approximate surface area is 241 Å². The molecular weight excluding hydrogens is 528 g/mol. The number of fused-ring (bicyclic) bond motifs is 3. The Morgan fingerprint density at radius 3 is 2.61 bits per heavy atom. The Kier molecular flexibility index (Phi) is 10.4. The number of hydrogen-bond donors (Lipinski definition) is 3. The fourth-order valence-corrected chi connectivity index (χ4v) is 6.83. The van der Waals surface area contributed by atoms with Gasteiger partial charge in [-0.15, -0.1) is 0 Å². The molecule has 3 N–H and O–H groups in total. The van der Waals surface area contributed by atoms with Gasteiger partial charge in [0.1, 0.15) is 0 Å². The first-order valence-electron chi connectivity index (χ1n) is 14.9. The van der Waals surface area contributed by atoms with E-state index in [1.54, 1.807) is 6.07 Å². The van der Waals surface area contributed by atoms with Crippen molar-refractivity contribution in [2.24, 2.45) is 17.8 Å². The lowest BCUT2D eigenvalue weighted by atomic mass is 9.58. The number of benzene rings is 1. The third-order valence-electron chi connectivity index (χ3n) is 8.75. The number of allylic oxidation sites excluding steroid dienone is 2. The van der Waals surface area contributed by atoms with Crippen molar-refractivity contribution in [3.8, 4) is 5.75 Å². The van der Waals surface area contributed by atoms with E-state index in [-0.39, 0.29) is 36.6 Å². The average Bonchev–Trinajstić information content (AvgIpc) is 3.17. The van der Waals surface area contributed by atoms with Gasteiger partial charge < -0.3 is 19.9 Å². The van der Waals surface area contributed by atoms with Crippen molar-refractivity contribution in [2.75, 3.05) is 6.54 Å². The highest BCUT2D eigenvalue weighted by Gasteiger charge is 2.56. The van der Waals surface area contributed by atoms with E-state index >= 15 is 0 Å². The fraction of sp³-hybridized carbons (Fsp3) is 0.581. The number of carboxylic acids is 1. The summed E-state index contributed by atoms with van der Waals surface area (Å²) in [6.45, 7) is 4.40. The van der Waals surface area contributed by atoms with Gasteiger partial charge in [0.15, 0.2) is 11.6 Å². The van der Waals surface area contributed by atoms with Gasteiger partial charge in [0, 0.05) is 13.0 Å². The van der Waals surface area contributed by atoms with Crippen molar-refractivity contribution in [3.63, 3.8) is 0 Å². The number of aromatic hydroxyl groups is 1. The minimum absolute atomic E-state index is 0.0723. The summed E-state index contributed by atoms with van der Waals surface area (Å²) in [6, 6.07) is 4.29. The summed E-state index contributed by atoms with van der Waals surface area (Å²) >= 11 is 0. The molecule has 2 saturated heterocycles. The highest BCUT2D eigenvalue weighted by molar-refractivity contribution is 6.43. The van der Waals surface area contributed by atoms with Crippen LogP contribution in [0.3, 0.4) is 0 Å². The average molecular weight is 569 g/mol. The van der Waals surface area contributed by atoms with Crippen LogP contribution in [0.15, 0.2) is 34.9 Å². The second-order valence-electron chi connectivity index (χ2n) is 11.5. The van der Waals surface area contributed by atoms with Gasteiger partial charge in [0.25, 0.3) is 0 Å². The number of aliphatic carboxylic acids is 1. The molecule has 4 rings (SSSR count). The molecule has 1 aliphatic carbocycles. The van der Waals surface area contributed by atoms with Crippen LogP contribution in [0.25, 0.3) is 6.08 Å². The monoisotopic (exact) mass is 569 g/mol. The van der Waals surface area contributed by atoms with Crippen LogP contribution in [0.1, 0.15) is 83.6 Å². The Morgan fingerprint density at radius 1 is 1.15 bits per heavy atom. The van der Waals surface area contributed by atoms with Gasteiger partial charge >= 0.3 is 13.1 Å². The molecule has 0 unspecified atom stereocenters. The smallest absolute Gasteiger partial charge is 0.455 e. The summed E-state index contributed by atoms with van der Waals surface area (Å²) in [6.07, 6.45) is 7.75. The number of phenols is 1. The van der Waals surface area contributed by atoms with Gasteiger partial charge in [-0.2, -0.15) is 0 Å². The number of imide groups is 1. The molecule has 2 aliphatic heterocycles. The molecule has 10 heteroatoms. The van der Waals surface area contributed by atoms with E-state index in [9.17, 15) is 28.9 Å². The molecule has 0 radical (unpaired) electrons. The molecule has 0 saturated carbocycles. The largest absolute Gasteiger partial charge is 0.505 e. The Balaban J connectivity index is 1.52. The predicted octanol–water partition coefficient (Wildman–Crippen LogP) is 5.35. The summed E-state index contributed by atoms with van der Waals surface area (Å²) in [5.74, 6) is -3.47. The number of phenolic OH excluding ortho intramolecular Hbond substituents is 1. The standard InChI is InChI=1S/C31H41BFNO7/c1-3-8-21-17-22-29(31(39)34(30(22)38)14-7-5-6-9-27(36)37)23-18-32(40)41-26(28(21)23)13-11-19(4-2)15-20-10-12-25(35)24(33)16-20/h10,12,15-16,22-23,26,29,35,40H,3-9,11,13-14,17-18H2,1-2H3,(H,36,37)/b19-15+/t22-,23+,26-,29-/m1/s1. The first-order valence-corrected chi connectivity index (χ1v) is 14.9. The van der Waals surface area contributed by atoms with Gasteiger partial charge in [-0.25, -0.2) is 4.39 Å². The molecule has 222 valence electrons. The Morgan fingerprint density at radius 2 is 1.93 bits per heavy atom. The van der Waals surface area contributed by atoms with Crippen LogP contribution in [-0.2, 0) is 19.0 Å². The quantitative estimate of drug-likeness (QED) is 0.127. The number of carbonyl (C=O) groups excluding carboxylic acids is 2. The summed E-state index contributed by atoms with van der Waals surface area (Å²) in [5, 5.41) is 29.1. The van der Waals surface area contributed by atoms with Gasteiger partial charge in [-0.1, -0.05) is 50.0 Å². The van der Waals surface area contributed by atoms with Crippen LogP contribution in [0.5, 0.6) is 5.75 Å². The van der Waals surface area contributed by atoms with E-state index in [1.165, 1.54) is 17.0 Å². The van der Waals surface area contributed by atoms with E-state index in [0.717, 1.165) is 36.0 Å². The predicted molar refractivity (Wildman–Crippen MR) is 153 cm³/mol. The van der Waals surface area contributed by atoms with Crippen molar-refractivity contribution >= 4 is 31.0 Å². The number of hydrogen-bond acceptors (Lipinski definition) is 6. The van der Waals surface area contributed by atoms with Crippen molar-refractivity contribution in [1.29, 1.82) is 0 Å². The van der Waals surface area contributed by atoms with Crippen LogP contribution in [-0.4, -0.2) is 57.7 Å². The summed E-state index contributed by atoms with van der Waals surface area (Å²) in [4.78, 5) is 39.2. The Hall–Kier alpha value is -2.98. The zero-order valence-corrected chi connectivity index (χ0v) is 24.0. The molecule has 2 fully saturated rings. The molecule has 0 bridgehead atoms. The van der Waals surface area contributed by atoms with Gasteiger partial charge in [-0.05, 0) is 80.5 Å². The van der Waals surface area contributed by atoms with Crippen LogP contribution >= 0.6 is 0 Å². The van der Waals surface area contributed by atoms with Crippen molar-refractivity contribution in [3.05, 3.63) is 46.3 Å². The third-order valence-corrected chi connectivity index (χ3v) is 8.75. The van der Waals surface area contributed by atoms with E-state index in [2.05, 4.69) is 6.92 Å². The molecule has 0 spiro atoms. The minimum Gasteiger partial charge on any atom is -0.505 e. The molecule has 0 aromatic heterocycles. The SMILES string of the molecule is CCCC1=C2[C@@H](CC/C(=C/c3ccc(O)c(F)c3)CC)OB(O)C[C@@H]2[C@@H]2C(=O)N(CCCCCC(=O)O)C(=O)[C@@H]2C1. The fourth-order valence-electron chi connectivity index (χ4n) is 6.83. The number of likely N-dealkylation sites (tertiary alicyclic amines) is 1. The summed E-state index contributed by atoms with van der Waals surface area (Å²) < 4.78 is 20.0. The van der Waals surface area contributed by atoms with Gasteiger partial charge in [-0.3, -0.25) is 19.3 Å². The number of halogens is 1. The van der Waals surface area contributed by atoms with Gasteiger partial charge in [0.2, 0.25) is 11.8 Å². The van der Waals surface area contributed by atoms with Crippen LogP contribution in [0, 0.1) is 23.6 Å². The summed E-state index contributed by atoms with van der Waals surface area (Å²) in [7, 11) is -1.04. The molecule has 2 heterocycles. The molecular formula is C31H41BFNO7. The van der Waals surface area contributed by atoms with Crippen molar-refractivity contribution in [2.45, 2.75) is 90.5 Å². The van der Waals surface area contributed by atoms with E-state index in [4.69, 9.17) is 9.76 Å². The lowest BCUT2D eigenvalue weighted by Crippen LogP contribution is -2.46. The van der Waals surface area contributed by atoms with Crippen LogP contribution < -0.4 is 0 Å². The first-order chi connectivity index (χ1) is 19.6. The molecule has 2 amide bonds. The second kappa shape index (κ2) is 13.8. The number of unbranched alkanes of at least 4 members (excludes halogenated alkanes) is 2. The minimum atomic E-state index is -1.04. The zero-order valence-electron chi connectivity index (χ0n) is 24.0. The number of carboxylic acid groups (broad SMARTS) is 1. The number of nitrogens with zero attached hydrogens (tertiary/aromatic N) is 1. The van der Waals surface area contributed by atoms with Crippen molar-refractivity contribution in [1.82, 2.24) is 4.90 Å². The number of carbonyl (C=O) groups is 3. The Bertz CT molecular complexity index is 1210. The molecule has 1 aromatic rings. The third kappa shape index (κ3) is 7.09. The van der Waals surface area contributed by atoms with E-state index in [1.807, 2.05) is 13.0 Å². The normalized spacial score (nSPS) is 24.6. The van der Waals surface area contributed by atoms with Gasteiger partial charge in [0.05, 0.1) is 17.9 Å². The zero-order chi connectivity index (χ0) is 29.7. The summed E-state index contributed by atoms with van der Waals surface area (Å²) in [5.41, 5.74) is 3.95. The maximum Gasteiger partial charge on any atom is 0.455 e. The maximum atomic E-state index is 13.9. The molecule has 8 nitrogen and oxygen atoms in total. The molecule has 41 heavy (non-hydrogen) atoms. The molecule has 1 aromatic carbocycles. The highest BCUT2D eigenvalue weighted by atomic mass is 19.1. The van der Waals surface area contributed by atoms with Crippen LogP contribution in [0.4, 0.5) is 4.39 Å². The highest BCUT2D eigenvalue weighted by Crippen LogP contribution is 2.51. The van der Waals surface area contributed by atoms with E-state index < -0.39 is 36.5 Å². The lowest BCUT2D eigenvalue weighted by molar-refractivity contribution is -0.141. The lowest BCUT2D eigenvalue weighted by Gasteiger charge is -2.43. The molecule has 4 atom stereocenters. The number of rotatable bonds is 13. The number of amides is 2. The van der Waals surface area contributed by atoms with Crippen LogP contribution in [0.2, 0.25) is 6.32 Å².